The normalized spacial score (nSPS) is 18.0. The molecule has 2 aromatic rings. The van der Waals surface area contributed by atoms with E-state index in [-0.39, 0.29) is 5.91 Å². The van der Waals surface area contributed by atoms with Gasteiger partial charge in [0.15, 0.2) is 0 Å². The molecule has 2 heterocycles. The zero-order chi connectivity index (χ0) is 17.1. The molecule has 1 aliphatic rings. The lowest BCUT2D eigenvalue weighted by Gasteiger charge is -2.33. The van der Waals surface area contributed by atoms with Gasteiger partial charge in [-0.25, -0.2) is 0 Å². The first-order valence-electron chi connectivity index (χ1n) is 8.74. The Balaban J connectivity index is 1.63. The number of hydrogen-bond donors (Lipinski definition) is 1. The van der Waals surface area contributed by atoms with Crippen molar-refractivity contribution in [1.82, 2.24) is 4.90 Å². The summed E-state index contributed by atoms with van der Waals surface area (Å²) in [5, 5.41) is 3.57. The summed E-state index contributed by atoms with van der Waals surface area (Å²) in [4.78, 5) is 14.6. The maximum Gasteiger partial charge on any atom is 0.257 e. The van der Waals surface area contributed by atoms with Gasteiger partial charge < -0.3 is 14.6 Å². The molecule has 1 amide bonds. The van der Waals surface area contributed by atoms with Crippen molar-refractivity contribution in [3.05, 3.63) is 53.5 Å². The highest BCUT2D eigenvalue weighted by atomic mass is 16.3. The first-order chi connectivity index (χ1) is 11.5. The van der Waals surface area contributed by atoms with Gasteiger partial charge in [-0.1, -0.05) is 26.0 Å². The van der Waals surface area contributed by atoms with E-state index in [0.29, 0.717) is 23.3 Å². The second-order valence-corrected chi connectivity index (χ2v) is 6.90. The molecular formula is C20H26N2O2. The van der Waals surface area contributed by atoms with Crippen LogP contribution in [0.15, 0.2) is 41.0 Å². The Kier molecular flexibility index (Phi) is 4.93. The quantitative estimate of drug-likeness (QED) is 0.904. The fraction of sp³-hybridized carbons (Fsp3) is 0.450. The Morgan fingerprint density at radius 3 is 2.62 bits per heavy atom. The van der Waals surface area contributed by atoms with E-state index in [0.717, 1.165) is 31.6 Å². The van der Waals surface area contributed by atoms with E-state index in [9.17, 15) is 4.79 Å². The number of amides is 1. The summed E-state index contributed by atoms with van der Waals surface area (Å²) in [6, 6.07) is 10.7. The van der Waals surface area contributed by atoms with Crippen LogP contribution in [0.3, 0.4) is 0 Å². The monoisotopic (exact) mass is 326 g/mol. The lowest BCUT2D eigenvalue weighted by molar-refractivity contribution is 0.0713. The van der Waals surface area contributed by atoms with E-state index >= 15 is 0 Å². The second kappa shape index (κ2) is 7.12. The predicted molar refractivity (Wildman–Crippen MR) is 96.5 cm³/mol. The van der Waals surface area contributed by atoms with Crippen LogP contribution in [-0.4, -0.2) is 29.9 Å². The van der Waals surface area contributed by atoms with Gasteiger partial charge in [0.1, 0.15) is 5.76 Å². The van der Waals surface area contributed by atoms with Crippen LogP contribution in [0, 0.1) is 6.92 Å². The van der Waals surface area contributed by atoms with Crippen molar-refractivity contribution in [2.24, 2.45) is 0 Å². The number of benzene rings is 1. The molecule has 1 aromatic carbocycles. The van der Waals surface area contributed by atoms with E-state index in [1.807, 2.05) is 11.8 Å². The third-order valence-corrected chi connectivity index (χ3v) is 4.75. The fourth-order valence-corrected chi connectivity index (χ4v) is 3.26. The summed E-state index contributed by atoms with van der Waals surface area (Å²) in [5.74, 6) is 1.31. The molecule has 128 valence electrons. The van der Waals surface area contributed by atoms with Crippen LogP contribution in [0.1, 0.15) is 54.3 Å². The molecule has 4 heteroatoms. The van der Waals surface area contributed by atoms with Crippen molar-refractivity contribution in [2.45, 2.75) is 45.6 Å². The minimum Gasteiger partial charge on any atom is -0.469 e. The van der Waals surface area contributed by atoms with Crippen LogP contribution in [0.25, 0.3) is 0 Å². The number of hydrogen-bond acceptors (Lipinski definition) is 3. The molecule has 1 fully saturated rings. The number of aryl methyl sites for hydroxylation is 1. The van der Waals surface area contributed by atoms with Crippen molar-refractivity contribution < 1.29 is 9.21 Å². The molecule has 0 radical (unpaired) electrons. The van der Waals surface area contributed by atoms with Gasteiger partial charge in [0.05, 0.1) is 11.8 Å². The van der Waals surface area contributed by atoms with E-state index in [1.54, 1.807) is 12.3 Å². The molecule has 0 unspecified atom stereocenters. The van der Waals surface area contributed by atoms with Crippen molar-refractivity contribution in [3.63, 3.8) is 0 Å². The van der Waals surface area contributed by atoms with Gasteiger partial charge in [-0.15, -0.1) is 0 Å². The minimum absolute atomic E-state index is 0.0721. The van der Waals surface area contributed by atoms with Gasteiger partial charge in [-0.05, 0) is 49.4 Å². The third-order valence-electron chi connectivity index (χ3n) is 4.75. The van der Waals surface area contributed by atoms with Gasteiger partial charge in [0.2, 0.25) is 0 Å². The van der Waals surface area contributed by atoms with Crippen LogP contribution in [0.5, 0.6) is 0 Å². The molecule has 1 aromatic heterocycles. The zero-order valence-corrected chi connectivity index (χ0v) is 14.7. The molecule has 3 rings (SSSR count). The summed E-state index contributed by atoms with van der Waals surface area (Å²) >= 11 is 0. The molecular weight excluding hydrogens is 300 g/mol. The van der Waals surface area contributed by atoms with Gasteiger partial charge in [0, 0.05) is 24.8 Å². The number of anilines is 1. The van der Waals surface area contributed by atoms with E-state index in [4.69, 9.17) is 4.42 Å². The molecule has 4 nitrogen and oxygen atoms in total. The Morgan fingerprint density at radius 2 is 2.00 bits per heavy atom. The Bertz CT molecular complexity index is 688. The first-order valence-corrected chi connectivity index (χ1v) is 8.74. The molecule has 1 atom stereocenters. The number of piperidine rings is 1. The van der Waals surface area contributed by atoms with E-state index in [2.05, 4.69) is 43.4 Å². The average molecular weight is 326 g/mol. The topological polar surface area (TPSA) is 45.5 Å². The van der Waals surface area contributed by atoms with Crippen LogP contribution in [-0.2, 0) is 0 Å². The average Bonchev–Trinajstić information content (AvgIpc) is 3.01. The van der Waals surface area contributed by atoms with Crippen LogP contribution < -0.4 is 5.32 Å². The summed E-state index contributed by atoms with van der Waals surface area (Å²) < 4.78 is 5.27. The number of carbonyl (C=O) groups is 1. The standard InChI is InChI=1S/C20H26N2O2/c1-14(2)16-6-8-17(9-7-16)21-18-5-4-11-22(13-18)20(23)19-10-12-24-15(19)3/h6-10,12,14,18,21H,4-5,11,13H2,1-3H3/t18-/m0/s1. The van der Waals surface area contributed by atoms with Crippen molar-refractivity contribution >= 4 is 11.6 Å². The van der Waals surface area contributed by atoms with Crippen molar-refractivity contribution in [2.75, 3.05) is 18.4 Å². The van der Waals surface area contributed by atoms with Gasteiger partial charge >= 0.3 is 0 Å². The maximum atomic E-state index is 12.6. The number of nitrogens with one attached hydrogen (secondary N) is 1. The molecule has 0 saturated carbocycles. The molecule has 24 heavy (non-hydrogen) atoms. The van der Waals surface area contributed by atoms with Crippen LogP contribution in [0.4, 0.5) is 5.69 Å². The van der Waals surface area contributed by atoms with Crippen molar-refractivity contribution in [1.29, 1.82) is 0 Å². The zero-order valence-electron chi connectivity index (χ0n) is 14.7. The Hall–Kier alpha value is -2.23. The molecule has 1 N–H and O–H groups in total. The fourth-order valence-electron chi connectivity index (χ4n) is 3.26. The number of furan rings is 1. The number of carbonyl (C=O) groups excluding carboxylic acids is 1. The summed E-state index contributed by atoms with van der Waals surface area (Å²) in [5.41, 5.74) is 3.14. The number of nitrogens with zero attached hydrogens (tertiary/aromatic N) is 1. The molecule has 0 spiro atoms. The molecule has 0 bridgehead atoms. The van der Waals surface area contributed by atoms with Gasteiger partial charge in [-0.3, -0.25) is 4.79 Å². The maximum absolute atomic E-state index is 12.6. The highest BCUT2D eigenvalue weighted by Gasteiger charge is 2.26. The summed E-state index contributed by atoms with van der Waals surface area (Å²) in [6.07, 6.45) is 3.68. The van der Waals surface area contributed by atoms with Crippen LogP contribution >= 0.6 is 0 Å². The molecule has 1 saturated heterocycles. The predicted octanol–water partition coefficient (Wildman–Crippen LogP) is 4.43. The molecule has 0 aliphatic carbocycles. The second-order valence-electron chi connectivity index (χ2n) is 6.90. The lowest BCUT2D eigenvalue weighted by atomic mass is 10.0. The SMILES string of the molecule is Cc1occc1C(=O)N1CCC[C@H](Nc2ccc(C(C)C)cc2)C1. The van der Waals surface area contributed by atoms with Gasteiger partial charge in [-0.2, -0.15) is 0 Å². The highest BCUT2D eigenvalue weighted by Crippen LogP contribution is 2.21. The number of rotatable bonds is 4. The van der Waals surface area contributed by atoms with Gasteiger partial charge in [0.25, 0.3) is 5.91 Å². The minimum atomic E-state index is 0.0721. The largest absolute Gasteiger partial charge is 0.469 e. The number of likely N-dealkylation sites (tertiary alicyclic amines) is 1. The summed E-state index contributed by atoms with van der Waals surface area (Å²) in [6.45, 7) is 7.78. The Labute approximate surface area is 143 Å². The first kappa shape index (κ1) is 16.6. The highest BCUT2D eigenvalue weighted by molar-refractivity contribution is 5.95. The third kappa shape index (κ3) is 3.64. The summed E-state index contributed by atoms with van der Waals surface area (Å²) in [7, 11) is 0. The lowest BCUT2D eigenvalue weighted by Crippen LogP contribution is -2.45. The Morgan fingerprint density at radius 1 is 1.25 bits per heavy atom. The smallest absolute Gasteiger partial charge is 0.257 e. The van der Waals surface area contributed by atoms with Crippen LogP contribution in [0.2, 0.25) is 0 Å². The van der Waals surface area contributed by atoms with Crippen molar-refractivity contribution in [3.8, 4) is 0 Å². The molecule has 1 aliphatic heterocycles. The van der Waals surface area contributed by atoms with E-state index < -0.39 is 0 Å². The van der Waals surface area contributed by atoms with E-state index in [1.165, 1.54) is 5.56 Å².